The molecule has 5 heteroatoms. The molecule has 0 fully saturated rings. The summed E-state index contributed by atoms with van der Waals surface area (Å²) in [5.74, 6) is 0.500. The highest BCUT2D eigenvalue weighted by Crippen LogP contribution is 2.19. The molecule has 1 amide bonds. The van der Waals surface area contributed by atoms with Crippen molar-refractivity contribution in [2.75, 3.05) is 13.6 Å². The highest BCUT2D eigenvalue weighted by atomic mass is 79.9. The molecule has 17 heavy (non-hydrogen) atoms. The van der Waals surface area contributed by atoms with E-state index in [0.29, 0.717) is 12.5 Å². The molecule has 0 aliphatic heterocycles. The number of halogens is 1. The normalized spacial score (nSPS) is 12.8. The SMILES string of the molecule is CNCC(C(=O)NCc1cc(Br)cs1)C(C)C. The lowest BCUT2D eigenvalue weighted by Crippen LogP contribution is -2.38. The second-order valence-electron chi connectivity index (χ2n) is 4.36. The predicted octanol–water partition coefficient (Wildman–Crippen LogP) is 2.62. The van der Waals surface area contributed by atoms with Crippen LogP contribution in [0.4, 0.5) is 0 Å². The van der Waals surface area contributed by atoms with Gasteiger partial charge >= 0.3 is 0 Å². The van der Waals surface area contributed by atoms with E-state index >= 15 is 0 Å². The minimum atomic E-state index is 0.0309. The molecule has 3 nitrogen and oxygen atoms in total. The van der Waals surface area contributed by atoms with E-state index in [0.717, 1.165) is 15.9 Å². The van der Waals surface area contributed by atoms with E-state index in [9.17, 15) is 4.79 Å². The van der Waals surface area contributed by atoms with Gasteiger partial charge in [0, 0.05) is 21.3 Å². The number of thiophene rings is 1. The highest BCUT2D eigenvalue weighted by Gasteiger charge is 2.20. The number of hydrogen-bond donors (Lipinski definition) is 2. The highest BCUT2D eigenvalue weighted by molar-refractivity contribution is 9.10. The molecule has 1 unspecified atom stereocenters. The van der Waals surface area contributed by atoms with Gasteiger partial charge in [0.05, 0.1) is 12.5 Å². The van der Waals surface area contributed by atoms with Crippen LogP contribution in [-0.4, -0.2) is 19.5 Å². The first-order chi connectivity index (χ1) is 8.04. The van der Waals surface area contributed by atoms with Gasteiger partial charge in [-0.1, -0.05) is 13.8 Å². The van der Waals surface area contributed by atoms with Crippen molar-refractivity contribution < 1.29 is 4.79 Å². The van der Waals surface area contributed by atoms with Crippen molar-refractivity contribution >= 4 is 33.2 Å². The third-order valence-electron chi connectivity index (χ3n) is 2.62. The van der Waals surface area contributed by atoms with Crippen LogP contribution in [0.3, 0.4) is 0 Å². The molecular formula is C12H19BrN2OS. The zero-order chi connectivity index (χ0) is 12.8. The molecule has 96 valence electrons. The standard InChI is InChI=1S/C12H19BrN2OS/c1-8(2)11(6-14-3)12(16)15-5-10-4-9(13)7-17-10/h4,7-8,11,14H,5-6H2,1-3H3,(H,15,16). The number of carbonyl (C=O) groups excluding carboxylic acids is 1. The van der Waals surface area contributed by atoms with Crippen molar-refractivity contribution in [2.24, 2.45) is 11.8 Å². The summed E-state index contributed by atoms with van der Waals surface area (Å²) in [6.07, 6.45) is 0. The van der Waals surface area contributed by atoms with Gasteiger partial charge in [-0.3, -0.25) is 4.79 Å². The topological polar surface area (TPSA) is 41.1 Å². The summed E-state index contributed by atoms with van der Waals surface area (Å²) in [7, 11) is 1.87. The molecule has 0 radical (unpaired) electrons. The third kappa shape index (κ3) is 4.77. The predicted molar refractivity (Wildman–Crippen MR) is 76.1 cm³/mol. The molecule has 0 saturated carbocycles. The van der Waals surface area contributed by atoms with Crippen LogP contribution in [-0.2, 0) is 11.3 Å². The first-order valence-electron chi connectivity index (χ1n) is 5.69. The molecule has 1 aromatic rings. The molecule has 0 saturated heterocycles. The number of nitrogens with one attached hydrogen (secondary N) is 2. The Bertz CT molecular complexity index is 365. The fourth-order valence-electron chi connectivity index (χ4n) is 1.60. The quantitative estimate of drug-likeness (QED) is 0.846. The van der Waals surface area contributed by atoms with Crippen LogP contribution in [0.2, 0.25) is 0 Å². The zero-order valence-corrected chi connectivity index (χ0v) is 12.8. The Morgan fingerprint density at radius 3 is 2.71 bits per heavy atom. The van der Waals surface area contributed by atoms with Crippen LogP contribution >= 0.6 is 27.3 Å². The first-order valence-corrected chi connectivity index (χ1v) is 7.37. The molecule has 0 aliphatic rings. The van der Waals surface area contributed by atoms with Crippen molar-refractivity contribution in [1.29, 1.82) is 0 Å². The van der Waals surface area contributed by atoms with Gasteiger partial charge in [-0.15, -0.1) is 11.3 Å². The molecular weight excluding hydrogens is 300 g/mol. The summed E-state index contributed by atoms with van der Waals surface area (Å²) in [6.45, 7) is 5.48. The Morgan fingerprint density at radius 1 is 1.53 bits per heavy atom. The van der Waals surface area contributed by atoms with Crippen LogP contribution in [0.15, 0.2) is 15.9 Å². The summed E-state index contributed by atoms with van der Waals surface area (Å²) < 4.78 is 1.07. The van der Waals surface area contributed by atoms with E-state index < -0.39 is 0 Å². The summed E-state index contributed by atoms with van der Waals surface area (Å²) in [6, 6.07) is 2.04. The van der Waals surface area contributed by atoms with Gasteiger partial charge in [0.1, 0.15) is 0 Å². The second kappa shape index (κ2) is 7.13. The maximum absolute atomic E-state index is 12.0. The number of hydrogen-bond acceptors (Lipinski definition) is 3. The van der Waals surface area contributed by atoms with Crippen LogP contribution < -0.4 is 10.6 Å². The molecule has 0 bridgehead atoms. The van der Waals surface area contributed by atoms with Crippen LogP contribution in [0.1, 0.15) is 18.7 Å². The van der Waals surface area contributed by atoms with E-state index in [2.05, 4.69) is 40.4 Å². The summed E-state index contributed by atoms with van der Waals surface area (Å²) >= 11 is 5.05. The van der Waals surface area contributed by atoms with Crippen molar-refractivity contribution in [2.45, 2.75) is 20.4 Å². The van der Waals surface area contributed by atoms with Gasteiger partial charge in [0.25, 0.3) is 0 Å². The summed E-state index contributed by atoms with van der Waals surface area (Å²) in [5, 5.41) is 8.08. The maximum Gasteiger partial charge on any atom is 0.224 e. The molecule has 0 aliphatic carbocycles. The van der Waals surface area contributed by atoms with Crippen LogP contribution in [0.25, 0.3) is 0 Å². The van der Waals surface area contributed by atoms with Crippen molar-refractivity contribution in [3.63, 3.8) is 0 Å². The Hall–Kier alpha value is -0.390. The van der Waals surface area contributed by atoms with Gasteiger partial charge in [-0.2, -0.15) is 0 Å². The Morgan fingerprint density at radius 2 is 2.24 bits per heavy atom. The summed E-state index contributed by atoms with van der Waals surface area (Å²) in [4.78, 5) is 13.2. The number of rotatable bonds is 6. The fraction of sp³-hybridized carbons (Fsp3) is 0.583. The molecule has 1 rings (SSSR count). The zero-order valence-electron chi connectivity index (χ0n) is 10.4. The van der Waals surface area contributed by atoms with Gasteiger partial charge in [-0.05, 0) is 35.0 Å². The molecule has 2 N–H and O–H groups in total. The van der Waals surface area contributed by atoms with Crippen molar-refractivity contribution in [3.8, 4) is 0 Å². The number of amides is 1. The van der Waals surface area contributed by atoms with Gasteiger partial charge in [-0.25, -0.2) is 0 Å². The smallest absolute Gasteiger partial charge is 0.224 e. The lowest BCUT2D eigenvalue weighted by atomic mass is 9.95. The maximum atomic E-state index is 12.0. The van der Waals surface area contributed by atoms with Gasteiger partial charge in [0.2, 0.25) is 5.91 Å². The van der Waals surface area contributed by atoms with E-state index in [4.69, 9.17) is 0 Å². The molecule has 1 heterocycles. The molecule has 0 spiro atoms. The Kier molecular flexibility index (Phi) is 6.16. The molecule has 1 aromatic heterocycles. The molecule has 1 atom stereocenters. The fourth-order valence-corrected chi connectivity index (χ4v) is 2.99. The average molecular weight is 319 g/mol. The van der Waals surface area contributed by atoms with E-state index in [1.54, 1.807) is 11.3 Å². The Labute approximate surface area is 115 Å². The van der Waals surface area contributed by atoms with Crippen LogP contribution in [0, 0.1) is 11.8 Å². The van der Waals surface area contributed by atoms with Crippen molar-refractivity contribution in [3.05, 3.63) is 20.8 Å². The van der Waals surface area contributed by atoms with Crippen molar-refractivity contribution in [1.82, 2.24) is 10.6 Å². The van der Waals surface area contributed by atoms with E-state index in [1.807, 2.05) is 18.5 Å². The lowest BCUT2D eigenvalue weighted by molar-refractivity contribution is -0.126. The average Bonchev–Trinajstić information content (AvgIpc) is 2.68. The van der Waals surface area contributed by atoms with Crippen LogP contribution in [0.5, 0.6) is 0 Å². The Balaban J connectivity index is 2.47. The van der Waals surface area contributed by atoms with Gasteiger partial charge < -0.3 is 10.6 Å². The van der Waals surface area contributed by atoms with E-state index in [-0.39, 0.29) is 11.8 Å². The minimum Gasteiger partial charge on any atom is -0.351 e. The van der Waals surface area contributed by atoms with Gasteiger partial charge in [0.15, 0.2) is 0 Å². The minimum absolute atomic E-state index is 0.0309. The number of carbonyl (C=O) groups is 1. The summed E-state index contributed by atoms with van der Waals surface area (Å²) in [5.41, 5.74) is 0. The lowest BCUT2D eigenvalue weighted by Gasteiger charge is -2.19. The molecule has 0 aromatic carbocycles. The monoisotopic (exact) mass is 318 g/mol. The first kappa shape index (κ1) is 14.7. The second-order valence-corrected chi connectivity index (χ2v) is 6.27. The third-order valence-corrected chi connectivity index (χ3v) is 4.32. The van der Waals surface area contributed by atoms with E-state index in [1.165, 1.54) is 0 Å². The largest absolute Gasteiger partial charge is 0.351 e.